The smallest absolute Gasteiger partial charge is 0.227 e. The lowest BCUT2D eigenvalue weighted by Crippen LogP contribution is -2.28. The summed E-state index contributed by atoms with van der Waals surface area (Å²) in [7, 11) is 0. The Morgan fingerprint density at radius 1 is 1.26 bits per heavy atom. The van der Waals surface area contributed by atoms with Crippen LogP contribution in [-0.4, -0.2) is 33.2 Å². The zero-order valence-corrected chi connectivity index (χ0v) is 15.9. The molecule has 1 aliphatic heterocycles. The first-order chi connectivity index (χ1) is 13.0. The average molecular weight is 382 g/mol. The van der Waals surface area contributed by atoms with E-state index in [1.54, 1.807) is 12.4 Å². The number of halogens is 1. The second-order valence-electron chi connectivity index (χ2n) is 7.04. The summed E-state index contributed by atoms with van der Waals surface area (Å²) >= 11 is 6.09. The minimum absolute atomic E-state index is 0.0583. The van der Waals surface area contributed by atoms with Gasteiger partial charge >= 0.3 is 0 Å². The molecule has 1 aliphatic rings. The van der Waals surface area contributed by atoms with Crippen molar-refractivity contribution in [1.82, 2.24) is 15.0 Å². The molecule has 3 aromatic rings. The number of aliphatic hydroxyl groups excluding tert-OH is 1. The van der Waals surface area contributed by atoms with Gasteiger partial charge in [0, 0.05) is 46.2 Å². The molecule has 1 atom stereocenters. The van der Waals surface area contributed by atoms with E-state index in [-0.39, 0.29) is 12.0 Å². The van der Waals surface area contributed by atoms with Gasteiger partial charge in [0.05, 0.1) is 12.3 Å². The first kappa shape index (κ1) is 17.7. The highest BCUT2D eigenvalue weighted by atomic mass is 35.5. The Kier molecular flexibility index (Phi) is 4.45. The zero-order chi connectivity index (χ0) is 19.0. The molecule has 0 radical (unpaired) electrons. The standard InChI is InChI=1S/C20H20ClN5O/c1-12-3-4-14(21)8-17(12)26-19-22-6-5-16(25-19)13-7-15-18(23-9-13)24-10-20(15,2)11-27/h3-9,27H,10-11H2,1-2H3,(H,23,24)(H,22,25,26). The van der Waals surface area contributed by atoms with Crippen LogP contribution in [-0.2, 0) is 5.41 Å². The van der Waals surface area contributed by atoms with E-state index in [4.69, 9.17) is 11.6 Å². The van der Waals surface area contributed by atoms with Crippen molar-refractivity contribution in [1.29, 1.82) is 0 Å². The number of rotatable bonds is 4. The number of pyridine rings is 1. The summed E-state index contributed by atoms with van der Waals surface area (Å²) < 4.78 is 0. The summed E-state index contributed by atoms with van der Waals surface area (Å²) in [6, 6.07) is 9.53. The van der Waals surface area contributed by atoms with Crippen molar-refractivity contribution in [3.8, 4) is 11.3 Å². The summed E-state index contributed by atoms with van der Waals surface area (Å²) in [6.07, 6.45) is 3.49. The van der Waals surface area contributed by atoms with E-state index in [0.717, 1.165) is 33.9 Å². The third kappa shape index (κ3) is 3.34. The number of hydrogen-bond acceptors (Lipinski definition) is 6. The Hall–Kier alpha value is -2.70. The van der Waals surface area contributed by atoms with E-state index < -0.39 is 0 Å². The Labute approximate surface area is 162 Å². The monoisotopic (exact) mass is 381 g/mol. The van der Waals surface area contributed by atoms with E-state index in [9.17, 15) is 5.11 Å². The van der Waals surface area contributed by atoms with Gasteiger partial charge in [-0.1, -0.05) is 24.6 Å². The highest BCUT2D eigenvalue weighted by Crippen LogP contribution is 2.37. The molecule has 6 nitrogen and oxygen atoms in total. The third-order valence-corrected chi connectivity index (χ3v) is 5.17. The lowest BCUT2D eigenvalue weighted by atomic mass is 9.85. The third-order valence-electron chi connectivity index (χ3n) is 4.93. The van der Waals surface area contributed by atoms with Gasteiger partial charge in [-0.05, 0) is 36.8 Å². The molecule has 138 valence electrons. The highest BCUT2D eigenvalue weighted by Gasteiger charge is 2.35. The molecule has 2 aromatic heterocycles. The van der Waals surface area contributed by atoms with Gasteiger partial charge in [-0.3, -0.25) is 0 Å². The number of benzene rings is 1. The fourth-order valence-corrected chi connectivity index (χ4v) is 3.32. The molecule has 0 amide bonds. The van der Waals surface area contributed by atoms with Crippen molar-refractivity contribution in [2.75, 3.05) is 23.8 Å². The van der Waals surface area contributed by atoms with Gasteiger partial charge in [-0.2, -0.15) is 0 Å². The number of aromatic nitrogens is 3. The molecule has 3 N–H and O–H groups in total. The molecular weight excluding hydrogens is 362 g/mol. The topological polar surface area (TPSA) is 83.0 Å². The number of aryl methyl sites for hydroxylation is 1. The number of aliphatic hydroxyl groups is 1. The molecule has 0 aliphatic carbocycles. The summed E-state index contributed by atoms with van der Waals surface area (Å²) in [5.41, 5.74) is 4.22. The second kappa shape index (κ2) is 6.79. The zero-order valence-electron chi connectivity index (χ0n) is 15.1. The van der Waals surface area contributed by atoms with Crippen molar-refractivity contribution in [3.05, 3.63) is 58.9 Å². The molecule has 7 heteroatoms. The quantitative estimate of drug-likeness (QED) is 0.635. The van der Waals surface area contributed by atoms with Crippen molar-refractivity contribution < 1.29 is 5.11 Å². The number of anilines is 3. The van der Waals surface area contributed by atoms with Crippen LogP contribution in [0.3, 0.4) is 0 Å². The minimum Gasteiger partial charge on any atom is -0.395 e. The van der Waals surface area contributed by atoms with Crippen LogP contribution in [0.4, 0.5) is 17.5 Å². The van der Waals surface area contributed by atoms with E-state index in [2.05, 4.69) is 25.6 Å². The number of nitrogens with zero attached hydrogens (tertiary/aromatic N) is 3. The lowest BCUT2D eigenvalue weighted by Gasteiger charge is -2.20. The molecule has 3 heterocycles. The molecule has 0 fully saturated rings. The maximum atomic E-state index is 9.78. The van der Waals surface area contributed by atoms with E-state index >= 15 is 0 Å². The van der Waals surface area contributed by atoms with Gasteiger partial charge in [0.1, 0.15) is 5.82 Å². The Morgan fingerprint density at radius 2 is 2.11 bits per heavy atom. The van der Waals surface area contributed by atoms with E-state index in [0.29, 0.717) is 17.5 Å². The van der Waals surface area contributed by atoms with Gasteiger partial charge in [0.15, 0.2) is 0 Å². The van der Waals surface area contributed by atoms with Gasteiger partial charge < -0.3 is 15.7 Å². The fourth-order valence-electron chi connectivity index (χ4n) is 3.15. The first-order valence-corrected chi connectivity index (χ1v) is 9.08. The molecule has 1 aromatic carbocycles. The maximum Gasteiger partial charge on any atom is 0.227 e. The predicted molar refractivity (Wildman–Crippen MR) is 108 cm³/mol. The van der Waals surface area contributed by atoms with Crippen LogP contribution in [0.25, 0.3) is 11.3 Å². The SMILES string of the molecule is Cc1ccc(Cl)cc1Nc1nccc(-c2cnc3c(c2)C(C)(CO)CN3)n1. The summed E-state index contributed by atoms with van der Waals surface area (Å²) in [6.45, 7) is 4.74. The van der Waals surface area contributed by atoms with Gasteiger partial charge in [-0.15, -0.1) is 0 Å². The highest BCUT2D eigenvalue weighted by molar-refractivity contribution is 6.30. The molecule has 0 bridgehead atoms. The first-order valence-electron chi connectivity index (χ1n) is 8.70. The fraction of sp³-hybridized carbons (Fsp3) is 0.250. The average Bonchev–Trinajstić information content (AvgIpc) is 3.02. The lowest BCUT2D eigenvalue weighted by molar-refractivity contribution is 0.218. The number of nitrogens with one attached hydrogen (secondary N) is 2. The Morgan fingerprint density at radius 3 is 2.93 bits per heavy atom. The minimum atomic E-state index is -0.343. The van der Waals surface area contributed by atoms with Gasteiger partial charge in [0.25, 0.3) is 0 Å². The largest absolute Gasteiger partial charge is 0.395 e. The van der Waals surface area contributed by atoms with Gasteiger partial charge in [0.2, 0.25) is 5.95 Å². The second-order valence-corrected chi connectivity index (χ2v) is 7.48. The van der Waals surface area contributed by atoms with Crippen LogP contribution >= 0.6 is 11.6 Å². The van der Waals surface area contributed by atoms with Crippen LogP contribution < -0.4 is 10.6 Å². The predicted octanol–water partition coefficient (Wildman–Crippen LogP) is 3.92. The molecule has 0 spiro atoms. The summed E-state index contributed by atoms with van der Waals surface area (Å²) in [5, 5.41) is 16.9. The van der Waals surface area contributed by atoms with E-state index in [1.807, 2.05) is 44.2 Å². The van der Waals surface area contributed by atoms with Crippen LogP contribution in [0.2, 0.25) is 5.02 Å². The molecule has 1 unspecified atom stereocenters. The number of hydrogen-bond donors (Lipinski definition) is 3. The molecule has 0 saturated heterocycles. The van der Waals surface area contributed by atoms with Gasteiger partial charge in [-0.25, -0.2) is 15.0 Å². The van der Waals surface area contributed by atoms with Crippen LogP contribution in [0.15, 0.2) is 42.7 Å². The number of fused-ring (bicyclic) bond motifs is 1. The maximum absolute atomic E-state index is 9.78. The normalized spacial score (nSPS) is 18.1. The molecule has 27 heavy (non-hydrogen) atoms. The molecule has 0 saturated carbocycles. The molecule has 4 rings (SSSR count). The van der Waals surface area contributed by atoms with Crippen molar-refractivity contribution >= 4 is 29.1 Å². The van der Waals surface area contributed by atoms with Crippen molar-refractivity contribution in [3.63, 3.8) is 0 Å². The Balaban J connectivity index is 1.67. The van der Waals surface area contributed by atoms with Crippen LogP contribution in [0, 0.1) is 6.92 Å². The summed E-state index contributed by atoms with van der Waals surface area (Å²) in [4.78, 5) is 13.4. The van der Waals surface area contributed by atoms with Crippen molar-refractivity contribution in [2.45, 2.75) is 19.3 Å². The summed E-state index contributed by atoms with van der Waals surface area (Å²) in [5.74, 6) is 1.30. The Bertz CT molecular complexity index is 1010. The van der Waals surface area contributed by atoms with Crippen molar-refractivity contribution in [2.24, 2.45) is 0 Å². The van der Waals surface area contributed by atoms with Crippen LogP contribution in [0.5, 0.6) is 0 Å². The van der Waals surface area contributed by atoms with E-state index in [1.165, 1.54) is 0 Å². The molecular formula is C20H20ClN5O. The van der Waals surface area contributed by atoms with Crippen LogP contribution in [0.1, 0.15) is 18.1 Å².